The topological polar surface area (TPSA) is 32.3 Å². The molecule has 1 aliphatic rings. The standard InChI is InChI=1S/C17H24Cl2N2O/c1-11-8-9-12(10-21(11)4)16(22)20-17(2,3)13-6-5-7-14(18)15(13)19/h5-7,11-12H,8-10H2,1-4H3,(H,20,22)/t11-,12?/m0/s1. The van der Waals surface area contributed by atoms with E-state index < -0.39 is 5.54 Å². The first kappa shape index (κ1) is 17.6. The number of rotatable bonds is 3. The van der Waals surface area contributed by atoms with Crippen LogP contribution in [0.5, 0.6) is 0 Å². The van der Waals surface area contributed by atoms with Gasteiger partial charge in [-0.2, -0.15) is 0 Å². The molecule has 1 aliphatic heterocycles. The Morgan fingerprint density at radius 1 is 1.32 bits per heavy atom. The zero-order valence-electron chi connectivity index (χ0n) is 13.6. The minimum absolute atomic E-state index is 0.0263. The van der Waals surface area contributed by atoms with Gasteiger partial charge in [0.1, 0.15) is 0 Å². The fourth-order valence-corrected chi connectivity index (χ4v) is 3.50. The molecule has 122 valence electrons. The minimum atomic E-state index is -0.555. The zero-order valence-corrected chi connectivity index (χ0v) is 15.1. The van der Waals surface area contributed by atoms with E-state index in [2.05, 4.69) is 24.2 Å². The number of benzene rings is 1. The first-order valence-corrected chi connectivity index (χ1v) is 8.44. The minimum Gasteiger partial charge on any atom is -0.347 e. The smallest absolute Gasteiger partial charge is 0.225 e. The summed E-state index contributed by atoms with van der Waals surface area (Å²) in [5.41, 5.74) is 0.285. The van der Waals surface area contributed by atoms with Crippen molar-refractivity contribution in [3.8, 4) is 0 Å². The van der Waals surface area contributed by atoms with Crippen LogP contribution in [0.15, 0.2) is 18.2 Å². The van der Waals surface area contributed by atoms with Crippen molar-refractivity contribution in [1.82, 2.24) is 10.2 Å². The van der Waals surface area contributed by atoms with Crippen molar-refractivity contribution < 1.29 is 4.79 Å². The van der Waals surface area contributed by atoms with Gasteiger partial charge in [-0.05, 0) is 52.3 Å². The zero-order chi connectivity index (χ0) is 16.5. The SMILES string of the molecule is C[C@H]1CCC(C(=O)NC(C)(C)c2cccc(Cl)c2Cl)CN1C. The van der Waals surface area contributed by atoms with Crippen LogP contribution >= 0.6 is 23.2 Å². The molecule has 1 heterocycles. The Hall–Kier alpha value is -0.770. The summed E-state index contributed by atoms with van der Waals surface area (Å²) in [7, 11) is 2.07. The molecule has 22 heavy (non-hydrogen) atoms. The van der Waals surface area contributed by atoms with E-state index in [-0.39, 0.29) is 11.8 Å². The number of hydrogen-bond acceptors (Lipinski definition) is 2. The summed E-state index contributed by atoms with van der Waals surface area (Å²) in [6, 6.07) is 6.05. The predicted octanol–water partition coefficient (Wildman–Crippen LogP) is 4.08. The highest BCUT2D eigenvalue weighted by atomic mass is 35.5. The van der Waals surface area contributed by atoms with Gasteiger partial charge in [0, 0.05) is 12.6 Å². The maximum atomic E-state index is 12.6. The Morgan fingerprint density at radius 2 is 2.00 bits per heavy atom. The van der Waals surface area contributed by atoms with Crippen LogP contribution < -0.4 is 5.32 Å². The van der Waals surface area contributed by atoms with Crippen molar-refractivity contribution in [2.75, 3.05) is 13.6 Å². The Balaban J connectivity index is 2.11. The summed E-state index contributed by atoms with van der Waals surface area (Å²) in [5, 5.41) is 4.15. The molecular formula is C17H24Cl2N2O. The van der Waals surface area contributed by atoms with Gasteiger partial charge in [-0.25, -0.2) is 0 Å². The van der Waals surface area contributed by atoms with Crippen LogP contribution in [0.1, 0.15) is 39.2 Å². The van der Waals surface area contributed by atoms with E-state index >= 15 is 0 Å². The lowest BCUT2D eigenvalue weighted by atomic mass is 9.90. The normalized spacial score (nSPS) is 23.4. The van der Waals surface area contributed by atoms with Gasteiger partial charge in [-0.3, -0.25) is 4.79 Å². The van der Waals surface area contributed by atoms with E-state index in [1.165, 1.54) is 0 Å². The number of halogens is 2. The van der Waals surface area contributed by atoms with Gasteiger partial charge >= 0.3 is 0 Å². The molecule has 1 aromatic rings. The number of nitrogens with zero attached hydrogens (tertiary/aromatic N) is 1. The second-order valence-electron chi connectivity index (χ2n) is 6.78. The van der Waals surface area contributed by atoms with Crippen LogP contribution in [-0.4, -0.2) is 30.4 Å². The lowest BCUT2D eigenvalue weighted by Gasteiger charge is -2.36. The molecule has 0 aliphatic carbocycles. The molecule has 5 heteroatoms. The molecule has 0 radical (unpaired) electrons. The fourth-order valence-electron chi connectivity index (χ4n) is 2.96. The van der Waals surface area contributed by atoms with Crippen LogP contribution in [0.3, 0.4) is 0 Å². The second kappa shape index (κ2) is 6.77. The number of hydrogen-bond donors (Lipinski definition) is 1. The summed E-state index contributed by atoms with van der Waals surface area (Å²) in [4.78, 5) is 14.9. The molecule has 2 atom stereocenters. The molecule has 1 fully saturated rings. The molecule has 1 aromatic carbocycles. The monoisotopic (exact) mass is 342 g/mol. The highest BCUT2D eigenvalue weighted by molar-refractivity contribution is 6.42. The maximum absolute atomic E-state index is 12.6. The summed E-state index contributed by atoms with van der Waals surface area (Å²) in [5.74, 6) is 0.109. The van der Waals surface area contributed by atoms with E-state index in [0.29, 0.717) is 16.1 Å². The molecule has 1 N–H and O–H groups in total. The highest BCUT2D eigenvalue weighted by Crippen LogP contribution is 2.33. The Morgan fingerprint density at radius 3 is 2.64 bits per heavy atom. The lowest BCUT2D eigenvalue weighted by molar-refractivity contribution is -0.128. The second-order valence-corrected chi connectivity index (χ2v) is 7.56. The molecular weight excluding hydrogens is 319 g/mol. The van der Waals surface area contributed by atoms with E-state index in [0.717, 1.165) is 24.9 Å². The van der Waals surface area contributed by atoms with Crippen LogP contribution in [0.4, 0.5) is 0 Å². The van der Waals surface area contributed by atoms with Crippen LogP contribution in [0.2, 0.25) is 10.0 Å². The predicted molar refractivity (Wildman–Crippen MR) is 92.4 cm³/mol. The molecule has 0 spiro atoms. The number of likely N-dealkylation sites (tertiary alicyclic amines) is 1. The van der Waals surface area contributed by atoms with Crippen molar-refractivity contribution in [2.45, 2.75) is 45.2 Å². The Bertz CT molecular complexity index is 560. The average Bonchev–Trinajstić information content (AvgIpc) is 2.44. The van der Waals surface area contributed by atoms with Crippen molar-refractivity contribution in [3.05, 3.63) is 33.8 Å². The third-order valence-electron chi connectivity index (χ3n) is 4.63. The molecule has 0 saturated carbocycles. The molecule has 0 bridgehead atoms. The number of amides is 1. The summed E-state index contributed by atoms with van der Waals surface area (Å²) in [6.45, 7) is 6.91. The third-order valence-corrected chi connectivity index (χ3v) is 5.44. The average molecular weight is 343 g/mol. The number of carbonyl (C=O) groups is 1. The van der Waals surface area contributed by atoms with Crippen molar-refractivity contribution in [2.24, 2.45) is 5.92 Å². The molecule has 1 saturated heterocycles. The van der Waals surface area contributed by atoms with Crippen molar-refractivity contribution >= 4 is 29.1 Å². The first-order valence-electron chi connectivity index (χ1n) is 7.69. The van der Waals surface area contributed by atoms with E-state index in [4.69, 9.17) is 23.2 Å². The lowest BCUT2D eigenvalue weighted by Crippen LogP contribution is -2.49. The number of nitrogens with one attached hydrogen (secondary N) is 1. The van der Waals surface area contributed by atoms with Gasteiger partial charge in [0.2, 0.25) is 5.91 Å². The van der Waals surface area contributed by atoms with Gasteiger partial charge in [-0.1, -0.05) is 35.3 Å². The van der Waals surface area contributed by atoms with Crippen LogP contribution in [0, 0.1) is 5.92 Å². The molecule has 0 aromatic heterocycles. The largest absolute Gasteiger partial charge is 0.347 e. The molecule has 1 amide bonds. The quantitative estimate of drug-likeness (QED) is 0.897. The first-order chi connectivity index (χ1) is 10.2. The van der Waals surface area contributed by atoms with Gasteiger partial charge in [0.25, 0.3) is 0 Å². The number of carbonyl (C=O) groups excluding carboxylic acids is 1. The highest BCUT2D eigenvalue weighted by Gasteiger charge is 2.32. The van der Waals surface area contributed by atoms with E-state index in [1.807, 2.05) is 26.0 Å². The van der Waals surface area contributed by atoms with Crippen molar-refractivity contribution in [1.29, 1.82) is 0 Å². The van der Waals surface area contributed by atoms with Crippen LogP contribution in [0.25, 0.3) is 0 Å². The molecule has 1 unspecified atom stereocenters. The third kappa shape index (κ3) is 3.76. The Labute approximate surface area is 143 Å². The van der Waals surface area contributed by atoms with Crippen LogP contribution in [-0.2, 0) is 10.3 Å². The summed E-state index contributed by atoms with van der Waals surface area (Å²) >= 11 is 12.4. The summed E-state index contributed by atoms with van der Waals surface area (Å²) in [6.07, 6.45) is 1.98. The maximum Gasteiger partial charge on any atom is 0.225 e. The summed E-state index contributed by atoms with van der Waals surface area (Å²) < 4.78 is 0. The van der Waals surface area contributed by atoms with Gasteiger partial charge in [0.15, 0.2) is 0 Å². The fraction of sp³-hybridized carbons (Fsp3) is 0.588. The Kier molecular flexibility index (Phi) is 5.41. The van der Waals surface area contributed by atoms with Gasteiger partial charge in [-0.15, -0.1) is 0 Å². The molecule has 2 rings (SSSR count). The number of piperidine rings is 1. The molecule has 3 nitrogen and oxygen atoms in total. The van der Waals surface area contributed by atoms with Gasteiger partial charge < -0.3 is 10.2 Å². The van der Waals surface area contributed by atoms with Crippen molar-refractivity contribution in [3.63, 3.8) is 0 Å². The van der Waals surface area contributed by atoms with E-state index in [1.54, 1.807) is 6.07 Å². The van der Waals surface area contributed by atoms with E-state index in [9.17, 15) is 4.79 Å². The van der Waals surface area contributed by atoms with Gasteiger partial charge in [0.05, 0.1) is 21.5 Å².